The van der Waals surface area contributed by atoms with Crippen molar-refractivity contribution in [1.82, 2.24) is 9.88 Å². The lowest BCUT2D eigenvalue weighted by atomic mass is 9.78. The number of aromatic nitrogens is 1. The number of pyridine rings is 1. The number of rotatable bonds is 7. The predicted molar refractivity (Wildman–Crippen MR) is 148 cm³/mol. The Balaban J connectivity index is 1.07. The van der Waals surface area contributed by atoms with E-state index in [0.717, 1.165) is 29.1 Å². The van der Waals surface area contributed by atoms with E-state index in [1.54, 1.807) is 36.4 Å². The summed E-state index contributed by atoms with van der Waals surface area (Å²) in [5.41, 5.74) is 2.75. The molecule has 1 aliphatic heterocycles. The van der Waals surface area contributed by atoms with Gasteiger partial charge in [0, 0.05) is 30.4 Å². The lowest BCUT2D eigenvalue weighted by molar-refractivity contribution is 0.0198. The standard InChI is InChI=1S/C33H26FN3O4/c1-33(2,21-9-13-25(14-10-21)41-30-15-22(34)19-36-29(30)18-35)20-7-11-24(12-8-20)40-26-16-23(17-26)37-31(38)27-5-3-4-6-28(27)32(37)39/h3-15,19,23,26H,16-17H2,1-2H3/t23-,26-. The zero-order valence-electron chi connectivity index (χ0n) is 22.5. The third-order valence-electron chi connectivity index (χ3n) is 7.87. The molecule has 3 aromatic carbocycles. The summed E-state index contributed by atoms with van der Waals surface area (Å²) in [7, 11) is 0. The summed E-state index contributed by atoms with van der Waals surface area (Å²) >= 11 is 0. The van der Waals surface area contributed by atoms with E-state index in [0.29, 0.717) is 29.7 Å². The average Bonchev–Trinajstić information content (AvgIpc) is 3.20. The van der Waals surface area contributed by atoms with Crippen molar-refractivity contribution >= 4 is 11.8 Å². The van der Waals surface area contributed by atoms with Gasteiger partial charge in [0.15, 0.2) is 11.4 Å². The fourth-order valence-corrected chi connectivity index (χ4v) is 5.34. The molecule has 8 heteroatoms. The second kappa shape index (κ2) is 10.2. The van der Waals surface area contributed by atoms with Gasteiger partial charge in [0.1, 0.15) is 29.5 Å². The Hall–Kier alpha value is -5.03. The number of fused-ring (bicyclic) bond motifs is 1. The van der Waals surface area contributed by atoms with Gasteiger partial charge in [-0.05, 0) is 47.5 Å². The highest BCUT2D eigenvalue weighted by Crippen LogP contribution is 2.37. The van der Waals surface area contributed by atoms with Gasteiger partial charge in [-0.25, -0.2) is 9.37 Å². The number of hydrogen-bond donors (Lipinski definition) is 0. The van der Waals surface area contributed by atoms with E-state index in [2.05, 4.69) is 18.8 Å². The number of ether oxygens (including phenoxy) is 2. The molecule has 1 saturated carbocycles. The molecule has 0 spiro atoms. The van der Waals surface area contributed by atoms with Gasteiger partial charge in [0.2, 0.25) is 0 Å². The summed E-state index contributed by atoms with van der Waals surface area (Å²) in [6.45, 7) is 4.23. The van der Waals surface area contributed by atoms with Gasteiger partial charge >= 0.3 is 0 Å². The Bertz CT molecular complexity index is 1650. The van der Waals surface area contributed by atoms with Crippen LogP contribution in [0.3, 0.4) is 0 Å². The minimum Gasteiger partial charge on any atom is -0.490 e. The number of nitriles is 1. The lowest BCUT2D eigenvalue weighted by Crippen LogP contribution is -2.51. The SMILES string of the molecule is CC(C)(c1ccc(Oc2cc(F)cnc2C#N)cc1)c1ccc(O[C@H]2C[C@H](N3C(=O)c4ccccc4C3=O)C2)cc1. The molecule has 0 radical (unpaired) electrons. The van der Waals surface area contributed by atoms with Crippen LogP contribution >= 0.6 is 0 Å². The van der Waals surface area contributed by atoms with E-state index in [9.17, 15) is 19.2 Å². The van der Waals surface area contributed by atoms with Crippen LogP contribution in [0.15, 0.2) is 85.1 Å². The highest BCUT2D eigenvalue weighted by molar-refractivity contribution is 6.21. The van der Waals surface area contributed by atoms with E-state index >= 15 is 0 Å². The molecular weight excluding hydrogens is 521 g/mol. The fraction of sp³-hybridized carbons (Fsp3) is 0.212. The van der Waals surface area contributed by atoms with Crippen molar-refractivity contribution in [3.63, 3.8) is 0 Å². The minimum atomic E-state index is -0.580. The smallest absolute Gasteiger partial charge is 0.261 e. The summed E-state index contributed by atoms with van der Waals surface area (Å²) in [6, 6.07) is 25.2. The Morgan fingerprint density at radius 1 is 0.902 bits per heavy atom. The first-order valence-corrected chi connectivity index (χ1v) is 13.3. The Labute approximate surface area is 236 Å². The molecule has 204 valence electrons. The maximum atomic E-state index is 13.6. The third-order valence-corrected chi connectivity index (χ3v) is 7.87. The number of carbonyl (C=O) groups excluding carboxylic acids is 2. The largest absolute Gasteiger partial charge is 0.490 e. The maximum absolute atomic E-state index is 13.6. The number of imide groups is 1. The zero-order chi connectivity index (χ0) is 28.7. The summed E-state index contributed by atoms with van der Waals surface area (Å²) in [5, 5.41) is 9.21. The Kier molecular flexibility index (Phi) is 6.50. The highest BCUT2D eigenvalue weighted by Gasteiger charge is 2.45. The molecule has 0 N–H and O–H groups in total. The molecule has 41 heavy (non-hydrogen) atoms. The van der Waals surface area contributed by atoms with Gasteiger partial charge in [-0.15, -0.1) is 0 Å². The van der Waals surface area contributed by atoms with E-state index < -0.39 is 5.82 Å². The molecule has 1 aromatic heterocycles. The molecular formula is C33H26FN3O4. The van der Waals surface area contributed by atoms with Crippen LogP contribution in [-0.4, -0.2) is 33.8 Å². The van der Waals surface area contributed by atoms with E-state index in [-0.39, 0.29) is 40.8 Å². The monoisotopic (exact) mass is 547 g/mol. The van der Waals surface area contributed by atoms with Gasteiger partial charge in [-0.1, -0.05) is 50.2 Å². The molecule has 7 nitrogen and oxygen atoms in total. The van der Waals surface area contributed by atoms with Crippen LogP contribution in [0, 0.1) is 17.1 Å². The summed E-state index contributed by atoms with van der Waals surface area (Å²) in [4.78, 5) is 30.6. The topological polar surface area (TPSA) is 92.5 Å². The number of halogens is 1. The first kappa shape index (κ1) is 26.2. The summed E-state index contributed by atoms with van der Waals surface area (Å²) < 4.78 is 25.4. The molecule has 0 bridgehead atoms. The number of benzene rings is 3. The van der Waals surface area contributed by atoms with Crippen LogP contribution in [0.4, 0.5) is 4.39 Å². The van der Waals surface area contributed by atoms with Crippen molar-refractivity contribution in [3.05, 3.63) is 119 Å². The van der Waals surface area contributed by atoms with E-state index in [1.165, 1.54) is 4.90 Å². The normalized spacial score (nSPS) is 18.0. The molecule has 4 aromatic rings. The number of nitrogens with zero attached hydrogens (tertiary/aromatic N) is 3. The van der Waals surface area contributed by atoms with Crippen molar-refractivity contribution in [2.45, 2.75) is 44.2 Å². The van der Waals surface area contributed by atoms with Gasteiger partial charge < -0.3 is 9.47 Å². The van der Waals surface area contributed by atoms with Crippen molar-refractivity contribution in [1.29, 1.82) is 5.26 Å². The number of hydrogen-bond acceptors (Lipinski definition) is 6. The summed E-state index contributed by atoms with van der Waals surface area (Å²) in [5.74, 6) is 0.241. The summed E-state index contributed by atoms with van der Waals surface area (Å²) in [6.07, 6.45) is 2.13. The second-order valence-electron chi connectivity index (χ2n) is 10.8. The van der Waals surface area contributed by atoms with Crippen molar-refractivity contribution in [3.8, 4) is 23.3 Å². The molecule has 2 heterocycles. The van der Waals surface area contributed by atoms with Crippen molar-refractivity contribution in [2.75, 3.05) is 0 Å². The first-order chi connectivity index (χ1) is 19.7. The minimum absolute atomic E-state index is 0.0131. The number of carbonyl (C=O) groups is 2. The molecule has 1 fully saturated rings. The molecule has 0 saturated heterocycles. The predicted octanol–water partition coefficient (Wildman–Crippen LogP) is 6.42. The first-order valence-electron chi connectivity index (χ1n) is 13.3. The van der Waals surface area contributed by atoms with E-state index in [1.807, 2.05) is 42.5 Å². The van der Waals surface area contributed by atoms with Crippen LogP contribution in [0.5, 0.6) is 17.2 Å². The van der Waals surface area contributed by atoms with Crippen molar-refractivity contribution in [2.24, 2.45) is 0 Å². The maximum Gasteiger partial charge on any atom is 0.261 e. The molecule has 0 atom stereocenters. The van der Waals surface area contributed by atoms with Crippen LogP contribution in [0.2, 0.25) is 0 Å². The molecule has 0 unspecified atom stereocenters. The Morgan fingerprint density at radius 2 is 1.46 bits per heavy atom. The molecule has 2 aliphatic rings. The fourth-order valence-electron chi connectivity index (χ4n) is 5.34. The lowest BCUT2D eigenvalue weighted by Gasteiger charge is -2.39. The zero-order valence-corrected chi connectivity index (χ0v) is 22.5. The third kappa shape index (κ3) is 4.80. The highest BCUT2D eigenvalue weighted by atomic mass is 19.1. The molecule has 2 amide bonds. The van der Waals surface area contributed by atoms with Gasteiger partial charge in [-0.2, -0.15) is 5.26 Å². The molecule has 1 aliphatic carbocycles. The van der Waals surface area contributed by atoms with Crippen LogP contribution in [0.1, 0.15) is 64.2 Å². The van der Waals surface area contributed by atoms with E-state index in [4.69, 9.17) is 9.47 Å². The van der Waals surface area contributed by atoms with Gasteiger partial charge in [0.05, 0.1) is 17.3 Å². The Morgan fingerprint density at radius 3 is 2.02 bits per heavy atom. The van der Waals surface area contributed by atoms with Gasteiger partial charge in [0.25, 0.3) is 11.8 Å². The number of amides is 2. The van der Waals surface area contributed by atoms with Crippen LogP contribution in [-0.2, 0) is 5.41 Å². The average molecular weight is 548 g/mol. The second-order valence-corrected chi connectivity index (χ2v) is 10.8. The van der Waals surface area contributed by atoms with Crippen LogP contribution in [0.25, 0.3) is 0 Å². The van der Waals surface area contributed by atoms with Crippen LogP contribution < -0.4 is 9.47 Å². The quantitative estimate of drug-likeness (QED) is 0.248. The van der Waals surface area contributed by atoms with Gasteiger partial charge in [-0.3, -0.25) is 14.5 Å². The molecule has 6 rings (SSSR count). The van der Waals surface area contributed by atoms with Crippen molar-refractivity contribution < 1.29 is 23.5 Å².